The van der Waals surface area contributed by atoms with Crippen LogP contribution in [-0.4, -0.2) is 19.7 Å². The van der Waals surface area contributed by atoms with Crippen LogP contribution in [0.4, 0.5) is 0 Å². The number of rotatable bonds is 5. The normalized spacial score (nSPS) is 21.7. The zero-order valence-corrected chi connectivity index (χ0v) is 13.0. The van der Waals surface area contributed by atoms with Crippen molar-refractivity contribution in [2.75, 3.05) is 13.7 Å². The van der Waals surface area contributed by atoms with Crippen molar-refractivity contribution in [2.45, 2.75) is 56.4 Å². The first-order valence-corrected chi connectivity index (χ1v) is 8.19. The highest BCUT2D eigenvalue weighted by Crippen LogP contribution is 2.44. The van der Waals surface area contributed by atoms with Crippen molar-refractivity contribution in [1.29, 1.82) is 0 Å². The molecule has 0 aromatic heterocycles. The van der Waals surface area contributed by atoms with Crippen LogP contribution < -0.4 is 10.1 Å². The third-order valence-corrected chi connectivity index (χ3v) is 5.09. The molecule has 2 nitrogen and oxygen atoms in total. The second-order valence-electron chi connectivity index (χ2n) is 6.34. The summed E-state index contributed by atoms with van der Waals surface area (Å²) in [5, 5.41) is 4.55. The molecule has 2 saturated carbocycles. The van der Waals surface area contributed by atoms with Gasteiger partial charge < -0.3 is 10.1 Å². The van der Waals surface area contributed by atoms with Crippen molar-refractivity contribution in [3.05, 3.63) is 28.8 Å². The Morgan fingerprint density at radius 2 is 2.00 bits per heavy atom. The largest absolute Gasteiger partial charge is 0.496 e. The molecule has 2 aliphatic carbocycles. The summed E-state index contributed by atoms with van der Waals surface area (Å²) in [5.41, 5.74) is 1.51. The van der Waals surface area contributed by atoms with Gasteiger partial charge in [-0.25, -0.2) is 0 Å². The Morgan fingerprint density at radius 1 is 1.25 bits per heavy atom. The smallest absolute Gasteiger partial charge is 0.122 e. The second-order valence-corrected chi connectivity index (χ2v) is 6.78. The SMILES string of the molecule is COc1ccc(Cl)cc1C1(CNC2CC2)CCCCC1. The van der Waals surface area contributed by atoms with E-state index >= 15 is 0 Å². The van der Waals surface area contributed by atoms with Gasteiger partial charge >= 0.3 is 0 Å². The Kier molecular flexibility index (Phi) is 4.23. The molecule has 0 radical (unpaired) electrons. The van der Waals surface area contributed by atoms with Crippen LogP contribution in [-0.2, 0) is 5.41 Å². The number of hydrogen-bond acceptors (Lipinski definition) is 2. The molecule has 0 aliphatic heterocycles. The summed E-state index contributed by atoms with van der Waals surface area (Å²) < 4.78 is 5.61. The van der Waals surface area contributed by atoms with E-state index in [4.69, 9.17) is 16.3 Å². The topological polar surface area (TPSA) is 21.3 Å². The first-order chi connectivity index (χ1) is 9.73. The molecule has 0 spiro atoms. The number of halogens is 1. The van der Waals surface area contributed by atoms with Crippen LogP contribution in [0.3, 0.4) is 0 Å². The van der Waals surface area contributed by atoms with Crippen molar-refractivity contribution in [1.82, 2.24) is 5.32 Å². The van der Waals surface area contributed by atoms with Gasteiger partial charge in [-0.05, 0) is 43.9 Å². The molecule has 1 aromatic rings. The van der Waals surface area contributed by atoms with Gasteiger partial charge in [0.15, 0.2) is 0 Å². The summed E-state index contributed by atoms with van der Waals surface area (Å²) in [7, 11) is 1.76. The van der Waals surface area contributed by atoms with Gasteiger partial charge in [0.05, 0.1) is 7.11 Å². The van der Waals surface area contributed by atoms with Crippen molar-refractivity contribution in [2.24, 2.45) is 0 Å². The lowest BCUT2D eigenvalue weighted by atomic mass is 9.69. The molecule has 2 fully saturated rings. The molecule has 20 heavy (non-hydrogen) atoms. The maximum Gasteiger partial charge on any atom is 0.122 e. The fourth-order valence-electron chi connectivity index (χ4n) is 3.49. The van der Waals surface area contributed by atoms with Crippen molar-refractivity contribution in [3.63, 3.8) is 0 Å². The Labute approximate surface area is 126 Å². The number of nitrogens with one attached hydrogen (secondary N) is 1. The molecule has 0 heterocycles. The van der Waals surface area contributed by atoms with Gasteiger partial charge in [0.2, 0.25) is 0 Å². The molecule has 3 heteroatoms. The third kappa shape index (κ3) is 2.96. The summed E-state index contributed by atoms with van der Waals surface area (Å²) in [4.78, 5) is 0. The van der Waals surface area contributed by atoms with E-state index < -0.39 is 0 Å². The Balaban J connectivity index is 1.92. The molecule has 1 aromatic carbocycles. The van der Waals surface area contributed by atoms with Crippen molar-refractivity contribution < 1.29 is 4.74 Å². The Hall–Kier alpha value is -0.730. The molecule has 0 amide bonds. The van der Waals surface area contributed by atoms with Crippen LogP contribution >= 0.6 is 11.6 Å². The van der Waals surface area contributed by atoms with Crippen molar-refractivity contribution in [3.8, 4) is 5.75 Å². The Morgan fingerprint density at radius 3 is 2.65 bits per heavy atom. The van der Waals surface area contributed by atoms with E-state index in [-0.39, 0.29) is 5.41 Å². The van der Waals surface area contributed by atoms with Crippen LogP contribution in [0.2, 0.25) is 5.02 Å². The first-order valence-electron chi connectivity index (χ1n) is 7.81. The van der Waals surface area contributed by atoms with Gasteiger partial charge in [0.25, 0.3) is 0 Å². The minimum atomic E-state index is 0.205. The molecule has 0 atom stereocenters. The van der Waals surface area contributed by atoms with Gasteiger partial charge in [-0.1, -0.05) is 30.9 Å². The zero-order chi connectivity index (χ0) is 14.0. The van der Waals surface area contributed by atoms with E-state index in [0.717, 1.165) is 23.4 Å². The molecule has 0 unspecified atom stereocenters. The summed E-state index contributed by atoms with van der Waals surface area (Å²) in [6.45, 7) is 1.06. The van der Waals surface area contributed by atoms with Crippen molar-refractivity contribution >= 4 is 11.6 Å². The predicted octanol–water partition coefficient (Wildman–Crippen LogP) is 4.30. The number of benzene rings is 1. The molecule has 0 saturated heterocycles. The molecule has 1 N–H and O–H groups in total. The van der Waals surface area contributed by atoms with E-state index in [0.29, 0.717) is 0 Å². The highest BCUT2D eigenvalue weighted by atomic mass is 35.5. The lowest BCUT2D eigenvalue weighted by molar-refractivity contribution is 0.269. The van der Waals surface area contributed by atoms with Crippen LogP contribution in [0.5, 0.6) is 5.75 Å². The maximum absolute atomic E-state index is 6.25. The van der Waals surface area contributed by atoms with Crippen LogP contribution in [0, 0.1) is 0 Å². The van der Waals surface area contributed by atoms with Crippen LogP contribution in [0.25, 0.3) is 0 Å². The summed E-state index contributed by atoms with van der Waals surface area (Å²) in [5.74, 6) is 0.994. The van der Waals surface area contributed by atoms with E-state index in [1.165, 1.54) is 50.5 Å². The van der Waals surface area contributed by atoms with Gasteiger partial charge in [-0.15, -0.1) is 0 Å². The third-order valence-electron chi connectivity index (χ3n) is 4.85. The molecule has 2 aliphatic rings. The highest BCUT2D eigenvalue weighted by Gasteiger charge is 2.37. The monoisotopic (exact) mass is 293 g/mol. The van der Waals surface area contributed by atoms with Gasteiger partial charge in [0.1, 0.15) is 5.75 Å². The number of ether oxygens (including phenoxy) is 1. The average molecular weight is 294 g/mol. The number of hydrogen-bond donors (Lipinski definition) is 1. The average Bonchev–Trinajstić information content (AvgIpc) is 3.30. The first kappa shape index (κ1) is 14.2. The molecule has 3 rings (SSSR count). The minimum absolute atomic E-state index is 0.205. The standard InChI is InChI=1S/C17H24ClNO/c1-20-16-8-5-13(18)11-15(16)17(9-3-2-4-10-17)12-19-14-6-7-14/h5,8,11,14,19H,2-4,6-7,9-10,12H2,1H3. The number of methoxy groups -OCH3 is 1. The van der Waals surface area contributed by atoms with E-state index in [1.807, 2.05) is 12.1 Å². The lowest BCUT2D eigenvalue weighted by Gasteiger charge is -2.39. The minimum Gasteiger partial charge on any atom is -0.496 e. The summed E-state index contributed by atoms with van der Waals surface area (Å²) in [6, 6.07) is 6.82. The maximum atomic E-state index is 6.25. The Bertz CT molecular complexity index is 464. The van der Waals surface area contributed by atoms with E-state index in [2.05, 4.69) is 11.4 Å². The lowest BCUT2D eigenvalue weighted by Crippen LogP contribution is -2.41. The molecule has 110 valence electrons. The predicted molar refractivity (Wildman–Crippen MR) is 83.8 cm³/mol. The van der Waals surface area contributed by atoms with E-state index in [9.17, 15) is 0 Å². The van der Waals surface area contributed by atoms with Gasteiger partial charge in [-0.2, -0.15) is 0 Å². The van der Waals surface area contributed by atoms with Gasteiger partial charge in [-0.3, -0.25) is 0 Å². The second kappa shape index (κ2) is 5.95. The zero-order valence-electron chi connectivity index (χ0n) is 12.3. The highest BCUT2D eigenvalue weighted by molar-refractivity contribution is 6.30. The fraction of sp³-hybridized carbons (Fsp3) is 0.647. The molecule has 0 bridgehead atoms. The quantitative estimate of drug-likeness (QED) is 0.874. The van der Waals surface area contributed by atoms with Crippen LogP contribution in [0.15, 0.2) is 18.2 Å². The van der Waals surface area contributed by atoms with Gasteiger partial charge in [0, 0.05) is 28.6 Å². The molecular weight excluding hydrogens is 270 g/mol. The van der Waals surface area contributed by atoms with Crippen LogP contribution in [0.1, 0.15) is 50.5 Å². The summed E-state index contributed by atoms with van der Waals surface area (Å²) >= 11 is 6.25. The molecular formula is C17H24ClNO. The fourth-order valence-corrected chi connectivity index (χ4v) is 3.66. The van der Waals surface area contributed by atoms with E-state index in [1.54, 1.807) is 7.11 Å². The summed E-state index contributed by atoms with van der Waals surface area (Å²) in [6.07, 6.45) is 9.12.